The molecule has 0 saturated heterocycles. The minimum absolute atomic E-state index is 0.133. The van der Waals surface area contributed by atoms with Gasteiger partial charge >= 0.3 is 5.97 Å². The molecule has 0 heterocycles. The van der Waals surface area contributed by atoms with Gasteiger partial charge in [0.2, 0.25) is 0 Å². The van der Waals surface area contributed by atoms with Gasteiger partial charge in [0.05, 0.1) is 13.2 Å². The topological polar surface area (TPSA) is 78.7 Å². The normalized spacial score (nSPS) is 9.94. The lowest BCUT2D eigenvalue weighted by molar-refractivity contribution is -0.757. The highest BCUT2D eigenvalue weighted by molar-refractivity contribution is 5.69. The molecule has 0 amide bonds. The van der Waals surface area contributed by atoms with E-state index in [1.54, 1.807) is 6.92 Å². The van der Waals surface area contributed by atoms with E-state index in [1.807, 2.05) is 0 Å². The Morgan fingerprint density at radius 2 is 1.71 bits per heavy atom. The zero-order chi connectivity index (χ0) is 12.9. The molecule has 100 valence electrons. The number of nitrogens with zero attached hydrogens (tertiary/aromatic N) is 1. The van der Waals surface area contributed by atoms with E-state index in [-0.39, 0.29) is 12.6 Å². The van der Waals surface area contributed by atoms with Gasteiger partial charge in [-0.15, -0.1) is 10.1 Å². The SMILES string of the molecule is CCOC(=O)CCCCCCCCO[N+](=O)[O-]. The van der Waals surface area contributed by atoms with Crippen molar-refractivity contribution in [1.82, 2.24) is 0 Å². The first-order valence-electron chi connectivity index (χ1n) is 6.09. The lowest BCUT2D eigenvalue weighted by Crippen LogP contribution is -2.03. The molecule has 0 saturated carbocycles. The molecule has 0 aliphatic heterocycles. The minimum Gasteiger partial charge on any atom is -0.466 e. The molecule has 6 heteroatoms. The van der Waals surface area contributed by atoms with Crippen molar-refractivity contribution < 1.29 is 19.5 Å². The van der Waals surface area contributed by atoms with E-state index in [0.29, 0.717) is 19.4 Å². The zero-order valence-corrected chi connectivity index (χ0v) is 10.4. The Morgan fingerprint density at radius 3 is 2.29 bits per heavy atom. The van der Waals surface area contributed by atoms with E-state index in [2.05, 4.69) is 4.84 Å². The predicted molar refractivity (Wildman–Crippen MR) is 61.9 cm³/mol. The average molecular weight is 247 g/mol. The van der Waals surface area contributed by atoms with E-state index in [1.165, 1.54) is 0 Å². The molecule has 6 nitrogen and oxygen atoms in total. The van der Waals surface area contributed by atoms with Crippen LogP contribution in [0.1, 0.15) is 51.9 Å². The highest BCUT2D eigenvalue weighted by atomic mass is 16.9. The second kappa shape index (κ2) is 11.2. The Labute approximate surface area is 101 Å². The zero-order valence-electron chi connectivity index (χ0n) is 10.4. The number of carbonyl (C=O) groups is 1. The van der Waals surface area contributed by atoms with Crippen molar-refractivity contribution in [2.75, 3.05) is 13.2 Å². The van der Waals surface area contributed by atoms with Gasteiger partial charge in [-0.2, -0.15) is 0 Å². The van der Waals surface area contributed by atoms with Crippen molar-refractivity contribution >= 4 is 5.97 Å². The molecule has 0 bridgehead atoms. The Morgan fingerprint density at radius 1 is 1.12 bits per heavy atom. The van der Waals surface area contributed by atoms with Crippen LogP contribution in [0.25, 0.3) is 0 Å². The first-order chi connectivity index (χ1) is 8.16. The van der Waals surface area contributed by atoms with Gasteiger partial charge in [0, 0.05) is 6.42 Å². The van der Waals surface area contributed by atoms with E-state index in [0.717, 1.165) is 32.1 Å². The summed E-state index contributed by atoms with van der Waals surface area (Å²) in [6.45, 7) is 2.41. The molecule has 0 aliphatic carbocycles. The van der Waals surface area contributed by atoms with Crippen LogP contribution in [-0.4, -0.2) is 24.3 Å². The van der Waals surface area contributed by atoms with Crippen molar-refractivity contribution in [1.29, 1.82) is 0 Å². The monoisotopic (exact) mass is 247 g/mol. The summed E-state index contributed by atoms with van der Waals surface area (Å²) in [6, 6.07) is 0. The number of rotatable bonds is 11. The van der Waals surface area contributed by atoms with Crippen LogP contribution in [0.5, 0.6) is 0 Å². The van der Waals surface area contributed by atoms with Crippen LogP contribution >= 0.6 is 0 Å². The van der Waals surface area contributed by atoms with Crippen molar-refractivity contribution in [3.8, 4) is 0 Å². The second-order valence-electron chi connectivity index (χ2n) is 3.73. The number of hydrogen-bond acceptors (Lipinski definition) is 5. The summed E-state index contributed by atoms with van der Waals surface area (Å²) in [4.78, 5) is 25.0. The van der Waals surface area contributed by atoms with Crippen molar-refractivity contribution in [3.63, 3.8) is 0 Å². The third-order valence-corrected chi connectivity index (χ3v) is 2.28. The van der Waals surface area contributed by atoms with E-state index < -0.39 is 5.09 Å². The third-order valence-electron chi connectivity index (χ3n) is 2.28. The van der Waals surface area contributed by atoms with Crippen molar-refractivity contribution in [2.45, 2.75) is 51.9 Å². The Balaban J connectivity index is 3.08. The molecule has 0 N–H and O–H groups in total. The molecule has 0 aromatic heterocycles. The number of unbranched alkanes of at least 4 members (excludes halogenated alkanes) is 5. The molecular weight excluding hydrogens is 226 g/mol. The second-order valence-corrected chi connectivity index (χ2v) is 3.73. The molecule has 0 aliphatic rings. The third kappa shape index (κ3) is 12.6. The van der Waals surface area contributed by atoms with E-state index in [4.69, 9.17) is 4.74 Å². The van der Waals surface area contributed by atoms with E-state index >= 15 is 0 Å². The summed E-state index contributed by atoms with van der Waals surface area (Å²) < 4.78 is 4.80. The van der Waals surface area contributed by atoms with Crippen LogP contribution in [0.15, 0.2) is 0 Å². The molecule has 0 fully saturated rings. The fourth-order valence-corrected chi connectivity index (χ4v) is 1.45. The van der Waals surface area contributed by atoms with Gasteiger partial charge in [0.15, 0.2) is 0 Å². The Hall–Kier alpha value is -1.33. The predicted octanol–water partition coefficient (Wildman–Crippen LogP) is 2.49. The first-order valence-corrected chi connectivity index (χ1v) is 6.09. The maximum absolute atomic E-state index is 11.0. The standard InChI is InChI=1S/C11H21NO5/c1-2-16-11(13)9-7-5-3-4-6-8-10-17-12(14)15/h2-10H2,1H3. The van der Waals surface area contributed by atoms with Gasteiger partial charge in [-0.25, -0.2) is 0 Å². The number of carbonyl (C=O) groups excluding carboxylic acids is 1. The first kappa shape index (κ1) is 15.7. The smallest absolute Gasteiger partial charge is 0.305 e. The van der Waals surface area contributed by atoms with Gasteiger partial charge in [-0.05, 0) is 19.8 Å². The lowest BCUT2D eigenvalue weighted by atomic mass is 10.1. The molecule has 0 rings (SSSR count). The van der Waals surface area contributed by atoms with Gasteiger partial charge in [-0.3, -0.25) is 4.79 Å². The fourth-order valence-electron chi connectivity index (χ4n) is 1.45. The summed E-state index contributed by atoms with van der Waals surface area (Å²) in [6.07, 6.45) is 6.02. The van der Waals surface area contributed by atoms with Gasteiger partial charge in [-0.1, -0.05) is 25.7 Å². The largest absolute Gasteiger partial charge is 0.466 e. The van der Waals surface area contributed by atoms with Crippen LogP contribution in [0.2, 0.25) is 0 Å². The van der Waals surface area contributed by atoms with Crippen molar-refractivity contribution in [2.24, 2.45) is 0 Å². The molecule has 0 aromatic rings. The molecular formula is C11H21NO5. The van der Waals surface area contributed by atoms with Crippen molar-refractivity contribution in [3.05, 3.63) is 10.1 Å². The maximum atomic E-state index is 11.0. The van der Waals surface area contributed by atoms with Crippen LogP contribution in [0.3, 0.4) is 0 Å². The minimum atomic E-state index is -0.765. The number of hydrogen-bond donors (Lipinski definition) is 0. The maximum Gasteiger partial charge on any atom is 0.305 e. The van der Waals surface area contributed by atoms with E-state index in [9.17, 15) is 14.9 Å². The quantitative estimate of drug-likeness (QED) is 0.242. The molecule has 0 unspecified atom stereocenters. The molecule has 17 heavy (non-hydrogen) atoms. The number of ether oxygens (including phenoxy) is 1. The number of esters is 1. The summed E-state index contributed by atoms with van der Waals surface area (Å²) in [5.41, 5.74) is 0. The summed E-state index contributed by atoms with van der Waals surface area (Å²) in [5.74, 6) is -0.133. The highest BCUT2D eigenvalue weighted by Crippen LogP contribution is 2.07. The van der Waals surface area contributed by atoms with Crippen LogP contribution in [0, 0.1) is 10.1 Å². The average Bonchev–Trinajstić information content (AvgIpc) is 2.27. The van der Waals surface area contributed by atoms with Crippen LogP contribution in [-0.2, 0) is 14.4 Å². The Kier molecular flexibility index (Phi) is 10.3. The fraction of sp³-hybridized carbons (Fsp3) is 0.909. The van der Waals surface area contributed by atoms with Gasteiger partial charge in [0.25, 0.3) is 5.09 Å². The molecule has 0 radical (unpaired) electrons. The summed E-state index contributed by atoms with van der Waals surface area (Å²) in [7, 11) is 0. The van der Waals surface area contributed by atoms with Gasteiger partial charge < -0.3 is 9.57 Å². The molecule has 0 atom stereocenters. The highest BCUT2D eigenvalue weighted by Gasteiger charge is 2.00. The van der Waals surface area contributed by atoms with Crippen LogP contribution in [0.4, 0.5) is 0 Å². The summed E-state index contributed by atoms with van der Waals surface area (Å²) in [5, 5.41) is 9.07. The van der Waals surface area contributed by atoms with Gasteiger partial charge in [0.1, 0.15) is 0 Å². The lowest BCUT2D eigenvalue weighted by Gasteiger charge is -2.02. The molecule has 0 aromatic carbocycles. The molecule has 0 spiro atoms. The van der Waals surface area contributed by atoms with Crippen LogP contribution < -0.4 is 0 Å². The Bertz CT molecular complexity index is 220. The summed E-state index contributed by atoms with van der Waals surface area (Å²) >= 11 is 0.